The zero-order valence-electron chi connectivity index (χ0n) is 18.1. The van der Waals surface area contributed by atoms with Crippen LogP contribution in [0.3, 0.4) is 0 Å². The largest absolute Gasteiger partial charge is 0.344 e. The quantitative estimate of drug-likeness (QED) is 0.613. The molecule has 1 fully saturated rings. The first kappa shape index (κ1) is 23.4. The Kier molecular flexibility index (Phi) is 7.94. The number of likely N-dealkylation sites (tertiary alicyclic amines) is 1. The van der Waals surface area contributed by atoms with Gasteiger partial charge in [-0.05, 0) is 49.6 Å². The van der Waals surface area contributed by atoms with Gasteiger partial charge in [0.1, 0.15) is 11.9 Å². The van der Waals surface area contributed by atoms with Crippen LogP contribution in [0, 0.1) is 11.7 Å². The van der Waals surface area contributed by atoms with Crippen molar-refractivity contribution in [1.82, 2.24) is 10.2 Å². The number of carbonyl (C=O) groups is 3. The van der Waals surface area contributed by atoms with Crippen LogP contribution in [-0.2, 0) is 20.8 Å². The first-order valence-electron chi connectivity index (χ1n) is 10.8. The molecule has 32 heavy (non-hydrogen) atoms. The minimum Gasteiger partial charge on any atom is -0.344 e. The van der Waals surface area contributed by atoms with Crippen molar-refractivity contribution < 1.29 is 18.8 Å². The lowest BCUT2D eigenvalue weighted by Crippen LogP contribution is -2.51. The molecule has 4 N–H and O–H groups in total. The summed E-state index contributed by atoms with van der Waals surface area (Å²) in [6.07, 6.45) is 1.35. The number of hydrogen-bond donors (Lipinski definition) is 3. The van der Waals surface area contributed by atoms with E-state index in [0.29, 0.717) is 38.0 Å². The predicted molar refractivity (Wildman–Crippen MR) is 120 cm³/mol. The Morgan fingerprint density at radius 1 is 1.06 bits per heavy atom. The third-order valence-corrected chi connectivity index (χ3v) is 5.59. The zero-order chi connectivity index (χ0) is 23.1. The number of piperidine rings is 1. The second kappa shape index (κ2) is 10.9. The van der Waals surface area contributed by atoms with E-state index in [9.17, 15) is 18.8 Å². The number of halogens is 1. The van der Waals surface area contributed by atoms with E-state index in [1.807, 2.05) is 30.3 Å². The summed E-state index contributed by atoms with van der Waals surface area (Å²) in [7, 11) is 0. The maximum Gasteiger partial charge on any atom is 0.247 e. The molecule has 0 bridgehead atoms. The summed E-state index contributed by atoms with van der Waals surface area (Å²) in [5, 5.41) is 5.63. The highest BCUT2D eigenvalue weighted by Crippen LogP contribution is 2.19. The Labute approximate surface area is 187 Å². The van der Waals surface area contributed by atoms with Gasteiger partial charge in [-0.1, -0.05) is 30.3 Å². The first-order valence-corrected chi connectivity index (χ1v) is 10.8. The van der Waals surface area contributed by atoms with Crippen molar-refractivity contribution in [2.24, 2.45) is 11.7 Å². The molecular formula is C24H29FN4O3. The van der Waals surface area contributed by atoms with Gasteiger partial charge in [-0.3, -0.25) is 14.4 Å². The highest BCUT2D eigenvalue weighted by molar-refractivity contribution is 5.97. The fourth-order valence-electron chi connectivity index (χ4n) is 3.76. The lowest BCUT2D eigenvalue weighted by atomic mass is 9.94. The summed E-state index contributed by atoms with van der Waals surface area (Å²) in [5.41, 5.74) is 7.03. The van der Waals surface area contributed by atoms with E-state index in [1.54, 1.807) is 11.8 Å². The lowest BCUT2D eigenvalue weighted by Gasteiger charge is -2.33. The molecule has 1 saturated heterocycles. The number of anilines is 1. The molecule has 0 aromatic heterocycles. The smallest absolute Gasteiger partial charge is 0.247 e. The van der Waals surface area contributed by atoms with Crippen molar-refractivity contribution in [2.75, 3.05) is 18.4 Å². The van der Waals surface area contributed by atoms with Crippen molar-refractivity contribution in [3.05, 3.63) is 66.0 Å². The van der Waals surface area contributed by atoms with E-state index in [4.69, 9.17) is 5.73 Å². The van der Waals surface area contributed by atoms with Crippen LogP contribution in [0.2, 0.25) is 0 Å². The monoisotopic (exact) mass is 440 g/mol. The van der Waals surface area contributed by atoms with Gasteiger partial charge in [-0.25, -0.2) is 4.39 Å². The maximum atomic E-state index is 13.2. The third kappa shape index (κ3) is 6.37. The lowest BCUT2D eigenvalue weighted by molar-refractivity contribution is -0.136. The molecule has 1 heterocycles. The van der Waals surface area contributed by atoms with Crippen LogP contribution in [0.1, 0.15) is 25.3 Å². The number of nitrogens with zero attached hydrogens (tertiary/aromatic N) is 1. The second-order valence-corrected chi connectivity index (χ2v) is 8.14. The predicted octanol–water partition coefficient (Wildman–Crippen LogP) is 2.08. The van der Waals surface area contributed by atoms with Crippen molar-refractivity contribution in [1.29, 1.82) is 0 Å². The van der Waals surface area contributed by atoms with Crippen LogP contribution in [0.4, 0.5) is 10.1 Å². The second-order valence-electron chi connectivity index (χ2n) is 8.14. The van der Waals surface area contributed by atoms with Crippen molar-refractivity contribution >= 4 is 23.4 Å². The Morgan fingerprint density at radius 3 is 2.28 bits per heavy atom. The first-order chi connectivity index (χ1) is 15.3. The Morgan fingerprint density at radius 2 is 1.69 bits per heavy atom. The molecule has 3 amide bonds. The van der Waals surface area contributed by atoms with Crippen LogP contribution in [0.15, 0.2) is 54.6 Å². The van der Waals surface area contributed by atoms with Gasteiger partial charge in [-0.15, -0.1) is 0 Å². The van der Waals surface area contributed by atoms with E-state index < -0.39 is 17.9 Å². The molecule has 0 aliphatic carbocycles. The Bertz CT molecular complexity index is 926. The van der Waals surface area contributed by atoms with Crippen molar-refractivity contribution in [3.8, 4) is 0 Å². The van der Waals surface area contributed by atoms with Gasteiger partial charge in [-0.2, -0.15) is 0 Å². The van der Waals surface area contributed by atoms with Gasteiger partial charge in [0, 0.05) is 31.1 Å². The molecule has 0 saturated carbocycles. The average molecular weight is 441 g/mol. The van der Waals surface area contributed by atoms with Gasteiger partial charge in [0.25, 0.3) is 0 Å². The number of hydrogen-bond acceptors (Lipinski definition) is 4. The minimum atomic E-state index is -0.793. The summed E-state index contributed by atoms with van der Waals surface area (Å²) in [6.45, 7) is 2.57. The van der Waals surface area contributed by atoms with Gasteiger partial charge in [0.05, 0.1) is 6.04 Å². The number of benzene rings is 2. The summed E-state index contributed by atoms with van der Waals surface area (Å²) >= 11 is 0. The van der Waals surface area contributed by atoms with E-state index in [-0.39, 0.29) is 23.6 Å². The zero-order valence-corrected chi connectivity index (χ0v) is 18.1. The van der Waals surface area contributed by atoms with E-state index in [2.05, 4.69) is 10.6 Å². The highest BCUT2D eigenvalue weighted by Gasteiger charge is 2.31. The number of carbonyl (C=O) groups excluding carboxylic acids is 3. The number of nitrogens with one attached hydrogen (secondary N) is 2. The Hall–Kier alpha value is -3.26. The van der Waals surface area contributed by atoms with Crippen LogP contribution in [0.25, 0.3) is 0 Å². The third-order valence-electron chi connectivity index (χ3n) is 5.59. The molecule has 170 valence electrons. The molecule has 1 aliphatic rings. The summed E-state index contributed by atoms with van der Waals surface area (Å²) < 4.78 is 13.2. The van der Waals surface area contributed by atoms with E-state index >= 15 is 0 Å². The standard InChI is InChI=1S/C24H29FN4O3/c1-16(26)24(32)29-13-11-18(12-14-29)22(30)28-21(15-17-5-3-2-4-6-17)23(31)27-20-9-7-19(25)8-10-20/h2-10,16,18,21H,11-15,26H2,1H3,(H,27,31)(H,28,30)/t16-,21-/m0/s1. The summed E-state index contributed by atoms with van der Waals surface area (Å²) in [4.78, 5) is 39.6. The topological polar surface area (TPSA) is 105 Å². The summed E-state index contributed by atoms with van der Waals surface area (Å²) in [6, 6.07) is 13.5. The molecule has 1 aliphatic heterocycles. The molecule has 0 spiro atoms. The molecular weight excluding hydrogens is 411 g/mol. The van der Waals surface area contributed by atoms with Crippen LogP contribution in [-0.4, -0.2) is 47.8 Å². The molecule has 7 nitrogen and oxygen atoms in total. The van der Waals surface area contributed by atoms with Crippen LogP contribution in [0.5, 0.6) is 0 Å². The Balaban J connectivity index is 1.65. The molecule has 2 aromatic rings. The number of nitrogens with two attached hydrogens (primary N) is 1. The fraction of sp³-hybridized carbons (Fsp3) is 0.375. The minimum absolute atomic E-state index is 0.121. The normalized spacial score (nSPS) is 16.2. The number of amides is 3. The molecule has 3 rings (SSSR count). The molecule has 0 unspecified atom stereocenters. The van der Waals surface area contributed by atoms with Gasteiger partial charge in [0.2, 0.25) is 17.7 Å². The van der Waals surface area contributed by atoms with Gasteiger partial charge in [0.15, 0.2) is 0 Å². The fourth-order valence-corrected chi connectivity index (χ4v) is 3.76. The number of rotatable bonds is 7. The summed E-state index contributed by atoms with van der Waals surface area (Å²) in [5.74, 6) is -1.40. The van der Waals surface area contributed by atoms with E-state index in [0.717, 1.165) is 5.56 Å². The van der Waals surface area contributed by atoms with Crippen LogP contribution >= 0.6 is 0 Å². The molecule has 2 atom stereocenters. The SMILES string of the molecule is C[C@H](N)C(=O)N1CCC(C(=O)N[C@@H](Cc2ccccc2)C(=O)Nc2ccc(F)cc2)CC1. The molecule has 2 aromatic carbocycles. The van der Waals surface area contributed by atoms with Gasteiger partial charge < -0.3 is 21.3 Å². The van der Waals surface area contributed by atoms with Crippen molar-refractivity contribution in [2.45, 2.75) is 38.3 Å². The van der Waals surface area contributed by atoms with E-state index in [1.165, 1.54) is 24.3 Å². The maximum absolute atomic E-state index is 13.2. The van der Waals surface area contributed by atoms with Gasteiger partial charge >= 0.3 is 0 Å². The van der Waals surface area contributed by atoms with Crippen molar-refractivity contribution in [3.63, 3.8) is 0 Å². The molecule has 8 heteroatoms. The molecule has 0 radical (unpaired) electrons. The average Bonchev–Trinajstić information content (AvgIpc) is 2.80. The van der Waals surface area contributed by atoms with Crippen LogP contribution < -0.4 is 16.4 Å². The highest BCUT2D eigenvalue weighted by atomic mass is 19.1.